The van der Waals surface area contributed by atoms with E-state index in [0.717, 1.165) is 32.6 Å². The van der Waals surface area contributed by atoms with Crippen molar-refractivity contribution in [3.63, 3.8) is 0 Å². The lowest BCUT2D eigenvalue weighted by Crippen LogP contribution is -2.41. The second kappa shape index (κ2) is 9.66. The van der Waals surface area contributed by atoms with Gasteiger partial charge >= 0.3 is 0 Å². The number of Topliss-reactive ketones (excluding diaryl/α,β-unsaturated/α-hetero) is 2. The van der Waals surface area contributed by atoms with Crippen LogP contribution in [0.25, 0.3) is 0 Å². The minimum absolute atomic E-state index is 0.0178. The number of benzene rings is 2. The number of hydrogen-bond acceptors (Lipinski definition) is 5. The summed E-state index contributed by atoms with van der Waals surface area (Å²) in [5.74, 6) is 1.20. The molecule has 2 aromatic rings. The molecule has 0 spiro atoms. The van der Waals surface area contributed by atoms with Crippen molar-refractivity contribution in [3.05, 3.63) is 90.8 Å². The fraction of sp³-hybridized carbons (Fsp3) is 0.357. The molecule has 182 valence electrons. The average Bonchev–Trinajstić information content (AvgIpc) is 3.45. The van der Waals surface area contributed by atoms with Crippen LogP contribution in [0.15, 0.2) is 69.6 Å². The SMILES string of the molecule is CC(C)(C)[C@H]1NC2=C(C(=O)C(=C3SCCS3)C(=O)C[C@@H]2c2ccc(Cl)cc2)[C@@H]1c1ccc(Cl)cc1. The van der Waals surface area contributed by atoms with Crippen LogP contribution in [-0.2, 0) is 9.59 Å². The third-order valence-electron chi connectivity index (χ3n) is 6.92. The van der Waals surface area contributed by atoms with Gasteiger partial charge in [0.25, 0.3) is 0 Å². The van der Waals surface area contributed by atoms with Crippen LogP contribution in [0, 0.1) is 5.41 Å². The van der Waals surface area contributed by atoms with Crippen molar-refractivity contribution >= 4 is 58.3 Å². The van der Waals surface area contributed by atoms with Crippen LogP contribution in [0.4, 0.5) is 0 Å². The van der Waals surface area contributed by atoms with Crippen LogP contribution in [0.2, 0.25) is 10.0 Å². The first kappa shape index (κ1) is 25.0. The molecule has 1 N–H and O–H groups in total. The van der Waals surface area contributed by atoms with Crippen molar-refractivity contribution in [3.8, 4) is 0 Å². The van der Waals surface area contributed by atoms with Crippen molar-refractivity contribution in [2.45, 2.75) is 45.1 Å². The van der Waals surface area contributed by atoms with Crippen molar-refractivity contribution < 1.29 is 9.59 Å². The fourth-order valence-corrected chi connectivity index (χ4v) is 8.08. The third kappa shape index (κ3) is 4.73. The highest BCUT2D eigenvalue weighted by Gasteiger charge is 2.49. The minimum atomic E-state index is -0.240. The number of thioether (sulfide) groups is 2. The van der Waals surface area contributed by atoms with Gasteiger partial charge in [-0.25, -0.2) is 0 Å². The number of ketones is 2. The molecule has 1 fully saturated rings. The average molecular weight is 545 g/mol. The highest BCUT2D eigenvalue weighted by molar-refractivity contribution is 8.25. The van der Waals surface area contributed by atoms with E-state index < -0.39 is 0 Å². The van der Waals surface area contributed by atoms with Crippen LogP contribution < -0.4 is 5.32 Å². The van der Waals surface area contributed by atoms with Crippen LogP contribution in [-0.4, -0.2) is 29.1 Å². The van der Waals surface area contributed by atoms with Crippen LogP contribution in [0.3, 0.4) is 0 Å². The Morgan fingerprint density at radius 3 is 1.94 bits per heavy atom. The first-order valence-electron chi connectivity index (χ1n) is 11.7. The summed E-state index contributed by atoms with van der Waals surface area (Å²) in [6.07, 6.45) is 0.253. The highest BCUT2D eigenvalue weighted by Crippen LogP contribution is 2.51. The lowest BCUT2D eigenvalue weighted by molar-refractivity contribution is -0.119. The Bertz CT molecular complexity index is 1240. The van der Waals surface area contributed by atoms with E-state index in [4.69, 9.17) is 23.2 Å². The van der Waals surface area contributed by atoms with Crippen molar-refractivity contribution in [2.75, 3.05) is 11.5 Å². The molecule has 3 nitrogen and oxygen atoms in total. The molecule has 5 rings (SSSR count). The van der Waals surface area contributed by atoms with Gasteiger partial charge in [0.15, 0.2) is 11.6 Å². The zero-order chi connectivity index (χ0) is 24.9. The van der Waals surface area contributed by atoms with Gasteiger partial charge in [0.1, 0.15) is 0 Å². The van der Waals surface area contributed by atoms with Gasteiger partial charge in [-0.2, -0.15) is 0 Å². The van der Waals surface area contributed by atoms with Crippen LogP contribution >= 0.6 is 46.7 Å². The fourth-order valence-electron chi connectivity index (χ4n) is 5.25. The summed E-state index contributed by atoms with van der Waals surface area (Å²) in [6.45, 7) is 6.57. The van der Waals surface area contributed by atoms with E-state index in [1.807, 2.05) is 48.5 Å². The van der Waals surface area contributed by atoms with Gasteiger partial charge in [-0.15, -0.1) is 23.5 Å². The second-order valence-electron chi connectivity index (χ2n) is 10.3. The summed E-state index contributed by atoms with van der Waals surface area (Å²) < 4.78 is 0.873. The summed E-state index contributed by atoms with van der Waals surface area (Å²) in [6, 6.07) is 15.4. The van der Waals surface area contributed by atoms with Gasteiger partial charge in [-0.3, -0.25) is 9.59 Å². The van der Waals surface area contributed by atoms with Gasteiger partial charge in [-0.1, -0.05) is 68.2 Å². The molecule has 7 heteroatoms. The number of rotatable bonds is 2. The minimum Gasteiger partial charge on any atom is -0.383 e. The Morgan fingerprint density at radius 1 is 0.857 bits per heavy atom. The lowest BCUT2D eigenvalue weighted by Gasteiger charge is -2.35. The topological polar surface area (TPSA) is 46.2 Å². The first-order chi connectivity index (χ1) is 16.6. The van der Waals surface area contributed by atoms with E-state index in [9.17, 15) is 9.59 Å². The normalized spacial score (nSPS) is 25.1. The largest absolute Gasteiger partial charge is 0.383 e. The summed E-state index contributed by atoms with van der Waals surface area (Å²) in [7, 11) is 0. The number of carbonyl (C=O) groups excluding carboxylic acids is 2. The lowest BCUT2D eigenvalue weighted by atomic mass is 9.73. The molecular formula is C28H27Cl2NO2S2. The number of carbonyl (C=O) groups is 2. The molecule has 0 aromatic heterocycles. The third-order valence-corrected chi connectivity index (χ3v) is 10.1. The van der Waals surface area contributed by atoms with Gasteiger partial charge in [0, 0.05) is 57.1 Å². The van der Waals surface area contributed by atoms with Gasteiger partial charge < -0.3 is 5.32 Å². The molecule has 1 saturated heterocycles. The molecule has 0 unspecified atom stereocenters. The van der Waals surface area contributed by atoms with Gasteiger partial charge in [0.05, 0.1) is 9.81 Å². The van der Waals surface area contributed by atoms with E-state index in [-0.39, 0.29) is 41.3 Å². The highest BCUT2D eigenvalue weighted by atomic mass is 35.5. The Kier molecular flexibility index (Phi) is 6.90. The molecule has 2 aromatic carbocycles. The van der Waals surface area contributed by atoms with Gasteiger partial charge in [0.2, 0.25) is 0 Å². The monoisotopic (exact) mass is 543 g/mol. The Balaban J connectivity index is 1.74. The number of hydrogen-bond donors (Lipinski definition) is 1. The first-order valence-corrected chi connectivity index (χ1v) is 14.5. The number of halogens is 2. The van der Waals surface area contributed by atoms with Gasteiger partial charge in [-0.05, 0) is 40.8 Å². The summed E-state index contributed by atoms with van der Waals surface area (Å²) in [4.78, 5) is 28.0. The summed E-state index contributed by atoms with van der Waals surface area (Å²) in [5, 5.41) is 5.07. The standard InChI is InChI=1S/C28H27Cl2NO2S2/c1-28(2,3)26-21(16-6-10-18(30)11-7-16)23-24(31-26)19(15-4-8-17(29)9-5-15)14-20(32)22(25(23)33)27-34-12-13-35-27/h4-11,19,21,26,31H,12-14H2,1-3H3/t19-,21+,26+/m1/s1. The molecule has 3 aliphatic rings. The molecule has 2 heterocycles. The maximum atomic E-state index is 14.3. The molecule has 0 amide bonds. The maximum absolute atomic E-state index is 14.3. The quantitative estimate of drug-likeness (QED) is 0.316. The zero-order valence-corrected chi connectivity index (χ0v) is 23.0. The smallest absolute Gasteiger partial charge is 0.196 e. The molecule has 1 aliphatic carbocycles. The predicted molar refractivity (Wildman–Crippen MR) is 148 cm³/mol. The second-order valence-corrected chi connectivity index (χ2v) is 13.6. The Hall–Kier alpha value is -1.66. The molecule has 0 radical (unpaired) electrons. The van der Waals surface area contributed by atoms with Crippen LogP contribution in [0.1, 0.15) is 50.2 Å². The molecule has 35 heavy (non-hydrogen) atoms. The molecule has 0 saturated carbocycles. The van der Waals surface area contributed by atoms with E-state index in [0.29, 0.717) is 21.2 Å². The predicted octanol–water partition coefficient (Wildman–Crippen LogP) is 7.37. The van der Waals surface area contributed by atoms with E-state index in [1.165, 1.54) is 0 Å². The van der Waals surface area contributed by atoms with E-state index in [1.54, 1.807) is 23.5 Å². The number of nitrogens with one attached hydrogen (secondary N) is 1. The summed E-state index contributed by atoms with van der Waals surface area (Å²) >= 11 is 15.7. The van der Waals surface area contributed by atoms with Crippen LogP contribution in [0.5, 0.6) is 0 Å². The molecule has 0 bridgehead atoms. The van der Waals surface area contributed by atoms with Crippen molar-refractivity contribution in [1.29, 1.82) is 0 Å². The number of allylic oxidation sites excluding steroid dienone is 2. The Labute approximate surface area is 225 Å². The van der Waals surface area contributed by atoms with E-state index >= 15 is 0 Å². The molecule has 3 atom stereocenters. The molecular weight excluding hydrogens is 517 g/mol. The van der Waals surface area contributed by atoms with E-state index in [2.05, 4.69) is 26.1 Å². The van der Waals surface area contributed by atoms with Crippen molar-refractivity contribution in [2.24, 2.45) is 5.41 Å². The summed E-state index contributed by atoms with van der Waals surface area (Å²) in [5.41, 5.74) is 3.83. The maximum Gasteiger partial charge on any atom is 0.196 e. The molecule has 2 aliphatic heterocycles. The van der Waals surface area contributed by atoms with Crippen molar-refractivity contribution in [1.82, 2.24) is 5.32 Å². The Morgan fingerprint density at radius 2 is 1.40 bits per heavy atom. The zero-order valence-electron chi connectivity index (χ0n) is 19.9.